The Morgan fingerprint density at radius 3 is 2.38 bits per heavy atom. The maximum Gasteiger partial charge on any atom is 0.165 e. The predicted octanol–water partition coefficient (Wildman–Crippen LogP) is 2.01. The Bertz CT molecular complexity index is 485. The van der Waals surface area contributed by atoms with Gasteiger partial charge in [0.2, 0.25) is 0 Å². The van der Waals surface area contributed by atoms with E-state index in [-0.39, 0.29) is 5.56 Å². The van der Waals surface area contributed by atoms with E-state index < -0.39 is 25.4 Å². The van der Waals surface area contributed by atoms with Crippen LogP contribution in [0.15, 0.2) is 24.3 Å². The third-order valence-electron chi connectivity index (χ3n) is 2.41. The maximum atomic E-state index is 13.4. The third kappa shape index (κ3) is 2.44. The second kappa shape index (κ2) is 4.43. The Balaban J connectivity index is 3.23. The molecule has 3 nitrogen and oxygen atoms in total. The third-order valence-corrected chi connectivity index (χ3v) is 6.28. The fourth-order valence-corrected chi connectivity index (χ4v) is 1.96. The molecule has 0 radical (unpaired) electrons. The molecule has 2 atom stereocenters. The normalized spacial score (nSPS) is 17.8. The number of halogens is 2. The Labute approximate surface area is 102 Å². The summed E-state index contributed by atoms with van der Waals surface area (Å²) < 4.78 is 34.7. The highest BCUT2D eigenvalue weighted by atomic mass is 79.9. The van der Waals surface area contributed by atoms with Crippen molar-refractivity contribution in [1.29, 1.82) is 0 Å². The Morgan fingerprint density at radius 1 is 1.44 bits per heavy atom. The lowest BCUT2D eigenvalue weighted by atomic mass is 10.1. The summed E-state index contributed by atoms with van der Waals surface area (Å²) >= 11 is 2.93. The van der Waals surface area contributed by atoms with Crippen LogP contribution in [-0.2, 0) is 9.84 Å². The molecule has 0 aliphatic heterocycles. The van der Waals surface area contributed by atoms with Gasteiger partial charge in [0.05, 0.1) is 0 Å². The van der Waals surface area contributed by atoms with Crippen LogP contribution < -0.4 is 0 Å². The first-order valence-electron chi connectivity index (χ1n) is 4.49. The molecule has 16 heavy (non-hydrogen) atoms. The van der Waals surface area contributed by atoms with Crippen LogP contribution in [0, 0.1) is 5.82 Å². The lowest BCUT2D eigenvalue weighted by molar-refractivity contribution is 0.163. The molecule has 1 aromatic rings. The van der Waals surface area contributed by atoms with Crippen molar-refractivity contribution in [1.82, 2.24) is 0 Å². The molecule has 1 aromatic carbocycles. The highest BCUT2D eigenvalue weighted by Crippen LogP contribution is 2.38. The zero-order chi connectivity index (χ0) is 12.6. The first-order valence-corrected chi connectivity index (χ1v) is 7.17. The van der Waals surface area contributed by atoms with Crippen molar-refractivity contribution < 1.29 is 17.9 Å². The summed E-state index contributed by atoms with van der Waals surface area (Å²) in [6.07, 6.45) is -0.491. The molecule has 90 valence electrons. The minimum absolute atomic E-state index is 0.0488. The van der Waals surface area contributed by atoms with E-state index >= 15 is 0 Å². The second-order valence-electron chi connectivity index (χ2n) is 3.68. The van der Waals surface area contributed by atoms with Crippen LogP contribution in [0.5, 0.6) is 0 Å². The molecular weight excluding hydrogens is 299 g/mol. The number of rotatable bonds is 3. The fourth-order valence-electron chi connectivity index (χ4n) is 1.18. The van der Waals surface area contributed by atoms with Gasteiger partial charge in [-0.15, -0.1) is 0 Å². The molecule has 0 aliphatic rings. The van der Waals surface area contributed by atoms with Crippen LogP contribution in [0.25, 0.3) is 0 Å². The second-order valence-corrected chi connectivity index (χ2v) is 8.25. The van der Waals surface area contributed by atoms with Gasteiger partial charge in [0.25, 0.3) is 0 Å². The minimum Gasteiger partial charge on any atom is -0.386 e. The first-order chi connectivity index (χ1) is 7.18. The van der Waals surface area contributed by atoms with Gasteiger partial charge in [-0.05, 0) is 13.0 Å². The summed E-state index contributed by atoms with van der Waals surface area (Å²) in [4.78, 5) is 0. The molecule has 1 rings (SSSR count). The molecule has 0 aromatic heterocycles. The van der Waals surface area contributed by atoms with E-state index in [0.29, 0.717) is 0 Å². The van der Waals surface area contributed by atoms with Crippen LogP contribution in [0.3, 0.4) is 0 Å². The van der Waals surface area contributed by atoms with Gasteiger partial charge < -0.3 is 5.11 Å². The number of benzene rings is 1. The average molecular weight is 311 g/mol. The zero-order valence-corrected chi connectivity index (χ0v) is 11.2. The van der Waals surface area contributed by atoms with Crippen LogP contribution in [-0.4, -0.2) is 23.4 Å². The summed E-state index contributed by atoms with van der Waals surface area (Å²) in [5.41, 5.74) is -0.0488. The van der Waals surface area contributed by atoms with E-state index in [4.69, 9.17) is 0 Å². The van der Waals surface area contributed by atoms with E-state index in [1.807, 2.05) is 0 Å². The van der Waals surface area contributed by atoms with Crippen LogP contribution >= 0.6 is 15.9 Å². The van der Waals surface area contributed by atoms with Crippen molar-refractivity contribution in [2.45, 2.75) is 16.7 Å². The van der Waals surface area contributed by atoms with Crippen molar-refractivity contribution in [3.63, 3.8) is 0 Å². The molecule has 0 unspecified atom stereocenters. The number of hydrogen-bond donors (Lipinski definition) is 1. The van der Waals surface area contributed by atoms with Crippen molar-refractivity contribution in [2.24, 2.45) is 0 Å². The summed E-state index contributed by atoms with van der Waals surface area (Å²) in [6.45, 7) is 1.29. The monoisotopic (exact) mass is 310 g/mol. The van der Waals surface area contributed by atoms with Crippen LogP contribution in [0.4, 0.5) is 4.39 Å². The standard InChI is InChI=1S/C10H12BrFO3S/c1-10(11,16(2,14)15)9(13)7-5-3-4-6-8(7)12/h3-6,9,13H,1-2H3/t9-,10+/m0/s1. The number of hydrogen-bond acceptors (Lipinski definition) is 3. The van der Waals surface area contributed by atoms with Gasteiger partial charge in [-0.25, -0.2) is 12.8 Å². The summed E-state index contributed by atoms with van der Waals surface area (Å²) in [5, 5.41) is 9.90. The van der Waals surface area contributed by atoms with Gasteiger partial charge in [0, 0.05) is 11.8 Å². The van der Waals surface area contributed by atoms with Gasteiger partial charge >= 0.3 is 0 Å². The minimum atomic E-state index is -3.57. The summed E-state index contributed by atoms with van der Waals surface area (Å²) in [7, 11) is -3.57. The van der Waals surface area contributed by atoms with Crippen LogP contribution in [0.2, 0.25) is 0 Å². The highest BCUT2D eigenvalue weighted by Gasteiger charge is 2.42. The quantitative estimate of drug-likeness (QED) is 0.869. The van der Waals surface area contributed by atoms with Crippen LogP contribution in [0.1, 0.15) is 18.6 Å². The smallest absolute Gasteiger partial charge is 0.165 e. The molecule has 0 bridgehead atoms. The highest BCUT2D eigenvalue weighted by molar-refractivity contribution is 9.11. The number of sulfone groups is 1. The van der Waals surface area contributed by atoms with Crippen molar-refractivity contribution in [3.8, 4) is 0 Å². The largest absolute Gasteiger partial charge is 0.386 e. The fraction of sp³-hybridized carbons (Fsp3) is 0.400. The van der Waals surface area contributed by atoms with Gasteiger partial charge in [-0.2, -0.15) is 0 Å². The lowest BCUT2D eigenvalue weighted by Gasteiger charge is -2.27. The Morgan fingerprint density at radius 2 is 1.94 bits per heavy atom. The molecule has 0 spiro atoms. The van der Waals surface area contributed by atoms with E-state index in [2.05, 4.69) is 15.9 Å². The molecule has 0 saturated carbocycles. The number of aliphatic hydroxyl groups excluding tert-OH is 1. The number of aliphatic hydroxyl groups is 1. The SMILES string of the molecule is C[C@](Br)([C@@H](O)c1ccccc1F)S(C)(=O)=O. The lowest BCUT2D eigenvalue weighted by Crippen LogP contribution is -2.35. The molecule has 6 heteroatoms. The topological polar surface area (TPSA) is 54.4 Å². The van der Waals surface area contributed by atoms with Gasteiger partial charge in [-0.3, -0.25) is 0 Å². The molecule has 0 fully saturated rings. The van der Waals surface area contributed by atoms with E-state index in [1.165, 1.54) is 31.2 Å². The molecule has 0 heterocycles. The first kappa shape index (κ1) is 13.6. The summed E-state index contributed by atoms with van der Waals surface area (Å²) in [5.74, 6) is -0.635. The molecule has 0 amide bonds. The van der Waals surface area contributed by atoms with Gasteiger partial charge in [0.1, 0.15) is 11.9 Å². The molecular formula is C10H12BrFO3S. The van der Waals surface area contributed by atoms with Crippen molar-refractivity contribution >= 4 is 25.8 Å². The Hall–Kier alpha value is -0.460. The average Bonchev–Trinajstić information content (AvgIpc) is 2.15. The Kier molecular flexibility index (Phi) is 3.76. The van der Waals surface area contributed by atoms with E-state index in [0.717, 1.165) is 6.26 Å². The predicted molar refractivity (Wildman–Crippen MR) is 63.5 cm³/mol. The van der Waals surface area contributed by atoms with E-state index in [9.17, 15) is 17.9 Å². The zero-order valence-electron chi connectivity index (χ0n) is 8.81. The van der Waals surface area contributed by atoms with Crippen molar-refractivity contribution in [3.05, 3.63) is 35.6 Å². The molecule has 0 aliphatic carbocycles. The summed E-state index contributed by atoms with van der Waals surface area (Å²) in [6, 6.07) is 5.53. The van der Waals surface area contributed by atoms with Gasteiger partial charge in [-0.1, -0.05) is 34.1 Å². The van der Waals surface area contributed by atoms with Crippen molar-refractivity contribution in [2.75, 3.05) is 6.26 Å². The number of alkyl halides is 1. The maximum absolute atomic E-state index is 13.4. The molecule has 0 saturated heterocycles. The van der Waals surface area contributed by atoms with E-state index in [1.54, 1.807) is 0 Å². The van der Waals surface area contributed by atoms with Gasteiger partial charge in [0.15, 0.2) is 13.5 Å². The molecule has 1 N–H and O–H groups in total.